The van der Waals surface area contributed by atoms with Gasteiger partial charge in [0.05, 0.1) is 26.9 Å². The number of carbonyl (C=O) groups excluding carboxylic acids is 1. The van der Waals surface area contributed by atoms with Crippen LogP contribution in [0.25, 0.3) is 26.9 Å². The molecule has 12 heteroatoms. The molecule has 0 spiro atoms. The molecule has 5 rings (SSSR count). The van der Waals surface area contributed by atoms with E-state index in [-0.39, 0.29) is 23.0 Å². The fraction of sp³-hybridized carbons (Fsp3) is 0.227. The highest BCUT2D eigenvalue weighted by Gasteiger charge is 2.18. The van der Waals surface area contributed by atoms with E-state index < -0.39 is 0 Å². The number of thioether (sulfide) groups is 1. The van der Waals surface area contributed by atoms with E-state index >= 15 is 0 Å². The summed E-state index contributed by atoms with van der Waals surface area (Å²) in [5.41, 5.74) is 1.15. The Hall–Kier alpha value is -3.35. The number of hydrogen-bond acceptors (Lipinski definition) is 8. The van der Waals surface area contributed by atoms with E-state index in [0.717, 1.165) is 0 Å². The molecule has 0 atom stereocenters. The van der Waals surface area contributed by atoms with Crippen LogP contribution in [0, 0.1) is 5.82 Å². The molecule has 3 aromatic heterocycles. The van der Waals surface area contributed by atoms with Crippen LogP contribution in [0.3, 0.4) is 0 Å². The molecule has 3 heterocycles. The van der Waals surface area contributed by atoms with Crippen LogP contribution < -0.4 is 10.9 Å². The summed E-state index contributed by atoms with van der Waals surface area (Å²) >= 11 is 2.41. The Labute approximate surface area is 200 Å². The summed E-state index contributed by atoms with van der Waals surface area (Å²) in [5.74, 6) is -0.159. The number of nitrogens with zero attached hydrogens (tertiary/aromatic N) is 5. The number of ether oxygens (including phenoxy) is 1. The maximum absolute atomic E-state index is 13.4. The molecule has 0 aliphatic carbocycles. The first kappa shape index (κ1) is 22.4. The minimum Gasteiger partial charge on any atom is -0.385 e. The van der Waals surface area contributed by atoms with Gasteiger partial charge in [0.1, 0.15) is 5.82 Å². The molecule has 0 saturated carbocycles. The first-order valence-electron chi connectivity index (χ1n) is 10.4. The molecular weight excluding hydrogens is 479 g/mol. The molecule has 2 aromatic carbocycles. The minimum absolute atomic E-state index is 0.0577. The predicted octanol–water partition coefficient (Wildman–Crippen LogP) is 3.56. The number of benzene rings is 2. The molecule has 0 aliphatic heterocycles. The number of rotatable bonds is 8. The number of methoxy groups -OCH3 is 1. The van der Waals surface area contributed by atoms with Crippen LogP contribution in [0.5, 0.6) is 0 Å². The molecule has 34 heavy (non-hydrogen) atoms. The highest BCUT2D eigenvalue weighted by molar-refractivity contribution is 7.99. The van der Waals surface area contributed by atoms with Crippen LogP contribution in [0.4, 0.5) is 9.52 Å². The molecule has 5 aromatic rings. The zero-order chi connectivity index (χ0) is 23.7. The highest BCUT2D eigenvalue weighted by Crippen LogP contribution is 2.27. The number of para-hydroxylation sites is 1. The summed E-state index contributed by atoms with van der Waals surface area (Å²) in [5, 5.41) is 12.7. The third-order valence-electron chi connectivity index (χ3n) is 5.14. The number of halogens is 1. The lowest BCUT2D eigenvalue weighted by molar-refractivity contribution is -0.113. The Bertz CT molecular complexity index is 1580. The van der Waals surface area contributed by atoms with E-state index in [1.54, 1.807) is 28.2 Å². The normalized spacial score (nSPS) is 11.6. The van der Waals surface area contributed by atoms with Gasteiger partial charge < -0.3 is 10.1 Å². The first-order chi connectivity index (χ1) is 16.5. The Morgan fingerprint density at radius 2 is 2.09 bits per heavy atom. The molecule has 1 N–H and O–H groups in total. The van der Waals surface area contributed by atoms with Crippen molar-refractivity contribution < 1.29 is 13.9 Å². The van der Waals surface area contributed by atoms with Crippen molar-refractivity contribution in [3.05, 3.63) is 58.6 Å². The van der Waals surface area contributed by atoms with Gasteiger partial charge >= 0.3 is 0 Å². The standard InChI is InChI=1S/C22H19FN6O3S2/c1-32-10-4-9-28-19(31)14-5-2-3-6-16(14)29-21(28)26-27-22(29)33-12-18(30)25-20-24-15-8-7-13(23)11-17(15)34-20/h2-3,5-8,11H,4,9-10,12H2,1H3,(H,24,25,30). The lowest BCUT2D eigenvalue weighted by atomic mass is 10.2. The number of aryl methyl sites for hydroxylation is 1. The average Bonchev–Trinajstić information content (AvgIpc) is 3.43. The van der Waals surface area contributed by atoms with Crippen molar-refractivity contribution in [3.8, 4) is 0 Å². The minimum atomic E-state index is -0.351. The number of fused-ring (bicyclic) bond motifs is 4. The second kappa shape index (κ2) is 9.49. The summed E-state index contributed by atoms with van der Waals surface area (Å²) in [7, 11) is 1.61. The maximum Gasteiger partial charge on any atom is 0.262 e. The first-order valence-corrected chi connectivity index (χ1v) is 12.2. The molecule has 0 radical (unpaired) electrons. The SMILES string of the molecule is COCCCn1c(=O)c2ccccc2n2c(SCC(=O)Nc3nc4ccc(F)cc4s3)nnc12. The summed E-state index contributed by atoms with van der Waals surface area (Å²) in [6, 6.07) is 11.5. The van der Waals surface area contributed by atoms with Crippen LogP contribution >= 0.6 is 23.1 Å². The van der Waals surface area contributed by atoms with Gasteiger partial charge in [-0.1, -0.05) is 35.2 Å². The van der Waals surface area contributed by atoms with E-state index in [0.29, 0.717) is 56.8 Å². The third kappa shape index (κ3) is 4.27. The van der Waals surface area contributed by atoms with E-state index in [1.807, 2.05) is 18.2 Å². The fourth-order valence-electron chi connectivity index (χ4n) is 3.63. The lowest BCUT2D eigenvalue weighted by Crippen LogP contribution is -2.24. The van der Waals surface area contributed by atoms with Crippen molar-refractivity contribution in [3.63, 3.8) is 0 Å². The molecule has 9 nitrogen and oxygen atoms in total. The third-order valence-corrected chi connectivity index (χ3v) is 7.00. The zero-order valence-electron chi connectivity index (χ0n) is 18.0. The van der Waals surface area contributed by atoms with Gasteiger partial charge in [-0.2, -0.15) is 0 Å². The highest BCUT2D eigenvalue weighted by atomic mass is 32.2. The fourth-order valence-corrected chi connectivity index (χ4v) is 5.28. The van der Waals surface area contributed by atoms with Crippen molar-refractivity contribution in [2.75, 3.05) is 24.8 Å². The molecule has 0 aliphatic rings. The Kier molecular flexibility index (Phi) is 6.26. The Morgan fingerprint density at radius 3 is 2.94 bits per heavy atom. The van der Waals surface area contributed by atoms with Crippen molar-refractivity contribution in [2.45, 2.75) is 18.1 Å². The van der Waals surface area contributed by atoms with Gasteiger partial charge in [0.25, 0.3) is 5.56 Å². The average molecular weight is 499 g/mol. The smallest absolute Gasteiger partial charge is 0.262 e. The maximum atomic E-state index is 13.4. The van der Waals surface area contributed by atoms with E-state index in [4.69, 9.17) is 4.74 Å². The molecule has 174 valence electrons. The lowest BCUT2D eigenvalue weighted by Gasteiger charge is -2.11. The summed E-state index contributed by atoms with van der Waals surface area (Å²) in [6.45, 7) is 0.947. The summed E-state index contributed by atoms with van der Waals surface area (Å²) < 4.78 is 22.6. The van der Waals surface area contributed by atoms with E-state index in [1.165, 1.54) is 35.2 Å². The molecule has 0 fully saturated rings. The number of nitrogens with one attached hydrogen (secondary N) is 1. The van der Waals surface area contributed by atoms with E-state index in [9.17, 15) is 14.0 Å². The molecule has 1 amide bonds. The number of amides is 1. The van der Waals surface area contributed by atoms with Gasteiger partial charge in [-0.25, -0.2) is 9.37 Å². The van der Waals surface area contributed by atoms with Gasteiger partial charge in [-0.3, -0.25) is 18.6 Å². The molecular formula is C22H19FN6O3S2. The van der Waals surface area contributed by atoms with Crippen molar-refractivity contribution in [1.82, 2.24) is 24.1 Å². The number of thiazole rings is 1. The van der Waals surface area contributed by atoms with Crippen molar-refractivity contribution >= 4 is 61.0 Å². The van der Waals surface area contributed by atoms with Gasteiger partial charge in [-0.05, 0) is 36.8 Å². The number of carbonyl (C=O) groups is 1. The van der Waals surface area contributed by atoms with Crippen LogP contribution in [0.1, 0.15) is 6.42 Å². The monoisotopic (exact) mass is 498 g/mol. The Balaban J connectivity index is 1.41. The number of hydrogen-bond donors (Lipinski definition) is 1. The van der Waals surface area contributed by atoms with Gasteiger partial charge in [0.15, 0.2) is 10.3 Å². The van der Waals surface area contributed by atoms with Crippen LogP contribution in [0.15, 0.2) is 52.4 Å². The quantitative estimate of drug-likeness (QED) is 0.258. The topological polar surface area (TPSA) is 103 Å². The van der Waals surface area contributed by atoms with Crippen molar-refractivity contribution in [2.24, 2.45) is 0 Å². The van der Waals surface area contributed by atoms with Crippen LogP contribution in [-0.2, 0) is 16.1 Å². The number of aromatic nitrogens is 5. The largest absolute Gasteiger partial charge is 0.385 e. The second-order valence-electron chi connectivity index (χ2n) is 7.41. The molecule has 0 saturated heterocycles. The predicted molar refractivity (Wildman–Crippen MR) is 130 cm³/mol. The summed E-state index contributed by atoms with van der Waals surface area (Å²) in [6.07, 6.45) is 0.647. The van der Waals surface area contributed by atoms with Gasteiger partial charge in [0.2, 0.25) is 11.7 Å². The second-order valence-corrected chi connectivity index (χ2v) is 9.38. The zero-order valence-corrected chi connectivity index (χ0v) is 19.7. The molecule has 0 unspecified atom stereocenters. The molecule has 0 bridgehead atoms. The van der Waals surface area contributed by atoms with Gasteiger partial charge in [-0.15, -0.1) is 10.2 Å². The van der Waals surface area contributed by atoms with Crippen molar-refractivity contribution in [1.29, 1.82) is 0 Å². The number of anilines is 1. The van der Waals surface area contributed by atoms with E-state index in [2.05, 4.69) is 20.5 Å². The van der Waals surface area contributed by atoms with Crippen LogP contribution in [-0.4, -0.2) is 49.5 Å². The van der Waals surface area contributed by atoms with Crippen LogP contribution in [0.2, 0.25) is 0 Å². The summed E-state index contributed by atoms with van der Waals surface area (Å²) in [4.78, 5) is 29.9. The Morgan fingerprint density at radius 1 is 1.24 bits per heavy atom. The van der Waals surface area contributed by atoms with Gasteiger partial charge in [0, 0.05) is 20.3 Å².